The summed E-state index contributed by atoms with van der Waals surface area (Å²) in [6.07, 6.45) is 0.331. The van der Waals surface area contributed by atoms with Gasteiger partial charge in [0, 0.05) is 25.1 Å². The maximum Gasteiger partial charge on any atom is 0.232 e. The van der Waals surface area contributed by atoms with Crippen molar-refractivity contribution in [3.8, 4) is 11.4 Å². The molecule has 3 aromatic rings. The number of likely N-dealkylation sites (tertiary alicyclic amines) is 1. The van der Waals surface area contributed by atoms with E-state index in [0.29, 0.717) is 36.8 Å². The quantitative estimate of drug-likeness (QED) is 0.669. The van der Waals surface area contributed by atoms with Crippen LogP contribution in [0.5, 0.6) is 0 Å². The third kappa shape index (κ3) is 3.57. The van der Waals surface area contributed by atoms with Crippen LogP contribution in [0.3, 0.4) is 0 Å². The van der Waals surface area contributed by atoms with E-state index in [9.17, 15) is 9.18 Å². The summed E-state index contributed by atoms with van der Waals surface area (Å²) in [5.41, 5.74) is 2.85. The van der Waals surface area contributed by atoms with Crippen LogP contribution in [0.25, 0.3) is 11.4 Å². The molecule has 0 saturated carbocycles. The minimum absolute atomic E-state index is 0.000648. The first-order chi connectivity index (χ1) is 13.0. The fourth-order valence-corrected chi connectivity index (χ4v) is 3.42. The largest absolute Gasteiger partial charge is 0.339 e. The van der Waals surface area contributed by atoms with Crippen LogP contribution >= 0.6 is 11.6 Å². The summed E-state index contributed by atoms with van der Waals surface area (Å²) in [6, 6.07) is 12.3. The Morgan fingerprint density at radius 1 is 1.30 bits per heavy atom. The van der Waals surface area contributed by atoms with E-state index in [1.807, 2.05) is 36.1 Å². The van der Waals surface area contributed by atoms with Gasteiger partial charge in [0.15, 0.2) is 0 Å². The molecule has 0 bridgehead atoms. The highest BCUT2D eigenvalue weighted by Crippen LogP contribution is 2.30. The minimum Gasteiger partial charge on any atom is -0.339 e. The van der Waals surface area contributed by atoms with Crippen molar-refractivity contribution in [1.29, 1.82) is 0 Å². The number of carbonyl (C=O) groups excluding carboxylic acids is 1. The van der Waals surface area contributed by atoms with Gasteiger partial charge in [0.25, 0.3) is 0 Å². The van der Waals surface area contributed by atoms with E-state index in [0.717, 1.165) is 11.1 Å². The molecule has 5 nitrogen and oxygen atoms in total. The molecule has 0 radical (unpaired) electrons. The van der Waals surface area contributed by atoms with Gasteiger partial charge in [-0.25, -0.2) is 4.39 Å². The molecule has 0 spiro atoms. The minimum atomic E-state index is -0.502. The molecule has 1 unspecified atom stereocenters. The first-order valence-corrected chi connectivity index (χ1v) is 9.00. The second-order valence-corrected chi connectivity index (χ2v) is 7.09. The number of aryl methyl sites for hydroxylation is 1. The molecule has 1 amide bonds. The molecule has 27 heavy (non-hydrogen) atoms. The Hall–Kier alpha value is -2.73. The van der Waals surface area contributed by atoms with Gasteiger partial charge in [0.05, 0.1) is 10.9 Å². The summed E-state index contributed by atoms with van der Waals surface area (Å²) in [5, 5.41) is 3.95. The molecule has 7 heteroatoms. The van der Waals surface area contributed by atoms with Crippen molar-refractivity contribution >= 4 is 17.5 Å². The Labute approximate surface area is 160 Å². The number of halogens is 2. The van der Waals surface area contributed by atoms with Crippen molar-refractivity contribution in [2.75, 3.05) is 6.54 Å². The van der Waals surface area contributed by atoms with Gasteiger partial charge in [0.2, 0.25) is 17.6 Å². The fraction of sp³-hybridized carbons (Fsp3) is 0.250. The summed E-state index contributed by atoms with van der Waals surface area (Å²) >= 11 is 5.81. The topological polar surface area (TPSA) is 59.2 Å². The number of amides is 1. The SMILES string of the molecule is Cc1ccccc1CN1CC(c2nc(-c3ccc(F)c(Cl)c3)no2)CC1=O. The Bertz CT molecular complexity index is 1000. The molecule has 1 saturated heterocycles. The van der Waals surface area contributed by atoms with E-state index in [4.69, 9.17) is 16.1 Å². The molecule has 2 heterocycles. The number of hydrogen-bond acceptors (Lipinski definition) is 4. The lowest BCUT2D eigenvalue weighted by Gasteiger charge is -2.17. The van der Waals surface area contributed by atoms with E-state index in [2.05, 4.69) is 10.1 Å². The zero-order chi connectivity index (χ0) is 19.0. The number of rotatable bonds is 4. The van der Waals surface area contributed by atoms with Gasteiger partial charge in [-0.05, 0) is 36.2 Å². The summed E-state index contributed by atoms with van der Waals surface area (Å²) in [4.78, 5) is 18.6. The zero-order valence-corrected chi connectivity index (χ0v) is 15.4. The third-order valence-electron chi connectivity index (χ3n) is 4.81. The third-order valence-corrected chi connectivity index (χ3v) is 5.10. The maximum absolute atomic E-state index is 13.3. The first-order valence-electron chi connectivity index (χ1n) is 8.62. The highest BCUT2D eigenvalue weighted by atomic mass is 35.5. The van der Waals surface area contributed by atoms with Gasteiger partial charge in [0.1, 0.15) is 5.82 Å². The number of nitrogens with zero attached hydrogens (tertiary/aromatic N) is 3. The Balaban J connectivity index is 1.50. The summed E-state index contributed by atoms with van der Waals surface area (Å²) in [5.74, 6) is 0.145. The Morgan fingerprint density at radius 3 is 2.89 bits per heavy atom. The molecule has 1 atom stereocenters. The molecule has 138 valence electrons. The van der Waals surface area contributed by atoms with E-state index in [1.54, 1.807) is 6.07 Å². The number of carbonyl (C=O) groups is 1. The fourth-order valence-electron chi connectivity index (χ4n) is 3.24. The average molecular weight is 386 g/mol. The molecule has 0 aliphatic carbocycles. The monoisotopic (exact) mass is 385 g/mol. The van der Waals surface area contributed by atoms with E-state index >= 15 is 0 Å². The van der Waals surface area contributed by atoms with Gasteiger partial charge in [-0.3, -0.25) is 4.79 Å². The highest BCUT2D eigenvalue weighted by molar-refractivity contribution is 6.31. The van der Waals surface area contributed by atoms with Gasteiger partial charge < -0.3 is 9.42 Å². The predicted octanol–water partition coefficient (Wildman–Crippen LogP) is 4.35. The van der Waals surface area contributed by atoms with E-state index < -0.39 is 5.82 Å². The Kier molecular flexibility index (Phi) is 4.66. The summed E-state index contributed by atoms with van der Waals surface area (Å²) in [7, 11) is 0. The molecule has 1 aromatic heterocycles. The van der Waals surface area contributed by atoms with E-state index in [1.165, 1.54) is 12.1 Å². The van der Waals surface area contributed by atoms with Crippen LogP contribution in [0, 0.1) is 12.7 Å². The number of aromatic nitrogens is 2. The molecule has 1 fully saturated rings. The average Bonchev–Trinajstić information content (AvgIpc) is 3.27. The smallest absolute Gasteiger partial charge is 0.232 e. The number of benzene rings is 2. The van der Waals surface area contributed by atoms with E-state index in [-0.39, 0.29) is 16.8 Å². The lowest BCUT2D eigenvalue weighted by Crippen LogP contribution is -2.24. The molecule has 0 N–H and O–H groups in total. The summed E-state index contributed by atoms with van der Waals surface area (Å²) in [6.45, 7) is 3.13. The van der Waals surface area contributed by atoms with Crippen molar-refractivity contribution < 1.29 is 13.7 Å². The van der Waals surface area contributed by atoms with Crippen molar-refractivity contribution in [2.45, 2.75) is 25.8 Å². The van der Waals surface area contributed by atoms with Crippen LogP contribution in [-0.2, 0) is 11.3 Å². The lowest BCUT2D eigenvalue weighted by molar-refractivity contribution is -0.128. The van der Waals surface area contributed by atoms with Gasteiger partial charge in [-0.15, -0.1) is 0 Å². The summed E-state index contributed by atoms with van der Waals surface area (Å²) < 4.78 is 18.7. The van der Waals surface area contributed by atoms with Gasteiger partial charge in [-0.1, -0.05) is 41.0 Å². The number of hydrogen-bond donors (Lipinski definition) is 0. The molecule has 2 aromatic carbocycles. The van der Waals surface area contributed by atoms with Crippen LogP contribution in [0.2, 0.25) is 5.02 Å². The second-order valence-electron chi connectivity index (χ2n) is 6.69. The van der Waals surface area contributed by atoms with Crippen molar-refractivity contribution in [1.82, 2.24) is 15.0 Å². The van der Waals surface area contributed by atoms with Crippen LogP contribution in [0.15, 0.2) is 47.0 Å². The van der Waals surface area contributed by atoms with Crippen molar-refractivity contribution in [3.63, 3.8) is 0 Å². The first kappa shape index (κ1) is 17.7. The van der Waals surface area contributed by atoms with Gasteiger partial charge in [-0.2, -0.15) is 4.98 Å². The second kappa shape index (κ2) is 7.12. The van der Waals surface area contributed by atoms with Crippen LogP contribution in [-0.4, -0.2) is 27.5 Å². The van der Waals surface area contributed by atoms with Gasteiger partial charge >= 0.3 is 0 Å². The zero-order valence-electron chi connectivity index (χ0n) is 14.7. The highest BCUT2D eigenvalue weighted by Gasteiger charge is 2.34. The predicted molar refractivity (Wildman–Crippen MR) is 98.7 cm³/mol. The standard InChI is InChI=1S/C20H17ClFN3O2/c1-12-4-2-3-5-14(12)10-25-11-15(9-18(25)26)20-23-19(24-27-20)13-6-7-17(22)16(21)8-13/h2-8,15H,9-11H2,1H3. The van der Waals surface area contributed by atoms with Crippen molar-refractivity contribution in [2.24, 2.45) is 0 Å². The Morgan fingerprint density at radius 2 is 2.11 bits per heavy atom. The lowest BCUT2D eigenvalue weighted by atomic mass is 10.1. The molecular weight excluding hydrogens is 369 g/mol. The maximum atomic E-state index is 13.3. The van der Waals surface area contributed by atoms with Crippen molar-refractivity contribution in [3.05, 3.63) is 70.3 Å². The molecule has 1 aliphatic rings. The normalized spacial score (nSPS) is 16.9. The van der Waals surface area contributed by atoms with Crippen LogP contribution in [0.4, 0.5) is 4.39 Å². The molecule has 1 aliphatic heterocycles. The molecular formula is C20H17ClFN3O2. The van der Waals surface area contributed by atoms with Crippen LogP contribution in [0.1, 0.15) is 29.4 Å². The van der Waals surface area contributed by atoms with Crippen LogP contribution < -0.4 is 0 Å². The molecule has 4 rings (SSSR count).